The summed E-state index contributed by atoms with van der Waals surface area (Å²) in [7, 11) is 0. The second kappa shape index (κ2) is 6.31. The van der Waals surface area contributed by atoms with Crippen molar-refractivity contribution in [2.45, 2.75) is 19.0 Å². The Balaban J connectivity index is 2.15. The first-order chi connectivity index (χ1) is 9.97. The number of amides is 1. The van der Waals surface area contributed by atoms with Crippen molar-refractivity contribution < 1.29 is 19.6 Å². The van der Waals surface area contributed by atoms with Gasteiger partial charge in [0.05, 0.1) is 11.3 Å². The van der Waals surface area contributed by atoms with Gasteiger partial charge in [0.2, 0.25) is 5.91 Å². The van der Waals surface area contributed by atoms with E-state index < -0.39 is 16.9 Å². The van der Waals surface area contributed by atoms with Gasteiger partial charge in [0.15, 0.2) is 0 Å². The molecular weight excluding hydrogens is 278 g/mol. The maximum absolute atomic E-state index is 11.8. The van der Waals surface area contributed by atoms with Crippen LogP contribution in [0.5, 0.6) is 0 Å². The fraction of sp³-hybridized carbons (Fsp3) is 0.385. The number of non-ortho nitro benzene ring substituents is 1. The number of carbonyl (C=O) groups is 2. The van der Waals surface area contributed by atoms with Gasteiger partial charge in [0.1, 0.15) is 6.04 Å². The van der Waals surface area contributed by atoms with E-state index in [-0.39, 0.29) is 18.0 Å². The summed E-state index contributed by atoms with van der Waals surface area (Å²) in [5.41, 5.74) is 0.651. The number of nitrogens with zero attached hydrogens (tertiary/aromatic N) is 2. The van der Waals surface area contributed by atoms with E-state index in [1.807, 2.05) is 0 Å². The molecule has 21 heavy (non-hydrogen) atoms. The highest BCUT2D eigenvalue weighted by atomic mass is 16.6. The Hall–Kier alpha value is -2.48. The molecule has 1 unspecified atom stereocenters. The van der Waals surface area contributed by atoms with Gasteiger partial charge in [-0.2, -0.15) is 0 Å². The van der Waals surface area contributed by atoms with Crippen LogP contribution in [0.15, 0.2) is 24.3 Å². The predicted octanol–water partition coefficient (Wildman–Crippen LogP) is 0.370. The molecule has 1 atom stereocenters. The topological polar surface area (TPSA) is 113 Å². The zero-order valence-corrected chi connectivity index (χ0v) is 11.2. The van der Waals surface area contributed by atoms with E-state index in [0.29, 0.717) is 25.2 Å². The van der Waals surface area contributed by atoms with E-state index >= 15 is 0 Å². The molecular formula is C13H15N3O5. The SMILES string of the molecule is O=C(O)CC1C(=O)NCCN1Cc1cccc([N+](=O)[O-])c1. The van der Waals surface area contributed by atoms with Crippen LogP contribution < -0.4 is 5.32 Å². The molecule has 1 aromatic rings. The lowest BCUT2D eigenvalue weighted by atomic mass is 10.1. The summed E-state index contributed by atoms with van der Waals surface area (Å²) in [6.07, 6.45) is -0.291. The first kappa shape index (κ1) is 14.9. The number of nitro groups is 1. The van der Waals surface area contributed by atoms with Crippen molar-refractivity contribution in [3.8, 4) is 0 Å². The molecule has 8 heteroatoms. The number of aliphatic carboxylic acids is 1. The molecule has 1 fully saturated rings. The van der Waals surface area contributed by atoms with E-state index in [4.69, 9.17) is 5.11 Å². The minimum atomic E-state index is -1.05. The number of hydrogen-bond donors (Lipinski definition) is 2. The van der Waals surface area contributed by atoms with Crippen LogP contribution in [0.3, 0.4) is 0 Å². The summed E-state index contributed by atoms with van der Waals surface area (Å²) in [6.45, 7) is 1.24. The minimum Gasteiger partial charge on any atom is -0.481 e. The number of carbonyl (C=O) groups excluding carboxylic acids is 1. The molecule has 0 radical (unpaired) electrons. The van der Waals surface area contributed by atoms with Crippen LogP contribution in [0.4, 0.5) is 5.69 Å². The lowest BCUT2D eigenvalue weighted by Crippen LogP contribution is -2.55. The van der Waals surface area contributed by atoms with Crippen LogP contribution in [0, 0.1) is 10.1 Å². The molecule has 0 aromatic heterocycles. The Kier molecular flexibility index (Phi) is 4.49. The summed E-state index contributed by atoms with van der Waals surface area (Å²) >= 11 is 0. The maximum atomic E-state index is 11.8. The van der Waals surface area contributed by atoms with E-state index in [1.54, 1.807) is 17.0 Å². The van der Waals surface area contributed by atoms with Gasteiger partial charge in [-0.1, -0.05) is 12.1 Å². The molecule has 1 saturated heterocycles. The average molecular weight is 293 g/mol. The zero-order valence-electron chi connectivity index (χ0n) is 11.2. The summed E-state index contributed by atoms with van der Waals surface area (Å²) < 4.78 is 0. The van der Waals surface area contributed by atoms with Gasteiger partial charge < -0.3 is 10.4 Å². The van der Waals surface area contributed by atoms with Gasteiger partial charge in [-0.25, -0.2) is 0 Å². The Bertz CT molecular complexity index is 575. The molecule has 0 aliphatic carbocycles. The Morgan fingerprint density at radius 3 is 2.95 bits per heavy atom. The summed E-state index contributed by atoms with van der Waals surface area (Å²) in [6, 6.07) is 5.36. The van der Waals surface area contributed by atoms with E-state index in [2.05, 4.69) is 5.32 Å². The van der Waals surface area contributed by atoms with Crippen molar-refractivity contribution in [1.29, 1.82) is 0 Å². The first-order valence-electron chi connectivity index (χ1n) is 6.44. The van der Waals surface area contributed by atoms with Crippen LogP contribution >= 0.6 is 0 Å². The van der Waals surface area contributed by atoms with Crippen molar-refractivity contribution in [2.24, 2.45) is 0 Å². The number of hydrogen-bond acceptors (Lipinski definition) is 5. The molecule has 0 saturated carbocycles. The number of rotatable bonds is 5. The highest BCUT2D eigenvalue weighted by molar-refractivity contribution is 5.86. The Labute approximate surface area is 120 Å². The van der Waals surface area contributed by atoms with Crippen LogP contribution in [0.1, 0.15) is 12.0 Å². The van der Waals surface area contributed by atoms with E-state index in [9.17, 15) is 19.7 Å². The fourth-order valence-electron chi connectivity index (χ4n) is 2.34. The van der Waals surface area contributed by atoms with Crippen LogP contribution in [0.2, 0.25) is 0 Å². The predicted molar refractivity (Wildman–Crippen MR) is 72.6 cm³/mol. The molecule has 112 valence electrons. The zero-order chi connectivity index (χ0) is 15.4. The number of piperazine rings is 1. The van der Waals surface area contributed by atoms with Gasteiger partial charge in [-0.15, -0.1) is 0 Å². The molecule has 1 amide bonds. The highest BCUT2D eigenvalue weighted by Gasteiger charge is 2.31. The molecule has 0 spiro atoms. The van der Waals surface area contributed by atoms with Crippen molar-refractivity contribution in [2.75, 3.05) is 13.1 Å². The Morgan fingerprint density at radius 2 is 2.29 bits per heavy atom. The van der Waals surface area contributed by atoms with E-state index in [1.165, 1.54) is 12.1 Å². The standard InChI is InChI=1S/C13H15N3O5/c17-12(18)7-11-13(19)14-4-5-15(11)8-9-2-1-3-10(6-9)16(20)21/h1-3,6,11H,4-5,7-8H2,(H,14,19)(H,17,18). The molecule has 2 rings (SSSR count). The monoisotopic (exact) mass is 293 g/mol. The molecule has 1 aliphatic heterocycles. The summed E-state index contributed by atoms with van der Waals surface area (Å²) in [5.74, 6) is -1.38. The van der Waals surface area contributed by atoms with Crippen molar-refractivity contribution >= 4 is 17.6 Å². The molecule has 0 bridgehead atoms. The third kappa shape index (κ3) is 3.76. The lowest BCUT2D eigenvalue weighted by Gasteiger charge is -2.34. The fourth-order valence-corrected chi connectivity index (χ4v) is 2.34. The number of benzene rings is 1. The smallest absolute Gasteiger partial charge is 0.305 e. The van der Waals surface area contributed by atoms with Gasteiger partial charge >= 0.3 is 5.97 Å². The normalized spacial score (nSPS) is 19.0. The van der Waals surface area contributed by atoms with Crippen molar-refractivity contribution in [1.82, 2.24) is 10.2 Å². The maximum Gasteiger partial charge on any atom is 0.305 e. The van der Waals surface area contributed by atoms with Crippen molar-refractivity contribution in [3.05, 3.63) is 39.9 Å². The molecule has 1 heterocycles. The summed E-state index contributed by atoms with van der Waals surface area (Å²) in [4.78, 5) is 34.6. The minimum absolute atomic E-state index is 0.0243. The molecule has 2 N–H and O–H groups in total. The second-order valence-corrected chi connectivity index (χ2v) is 4.80. The Morgan fingerprint density at radius 1 is 1.52 bits per heavy atom. The van der Waals surface area contributed by atoms with Gasteiger partial charge in [0.25, 0.3) is 5.69 Å². The van der Waals surface area contributed by atoms with Gasteiger partial charge in [-0.3, -0.25) is 24.6 Å². The molecule has 1 aliphatic rings. The third-order valence-corrected chi connectivity index (χ3v) is 3.32. The number of carboxylic acids is 1. The summed E-state index contributed by atoms with van der Waals surface area (Å²) in [5, 5.41) is 22.3. The van der Waals surface area contributed by atoms with Gasteiger partial charge in [-0.05, 0) is 5.56 Å². The number of nitrogens with one attached hydrogen (secondary N) is 1. The third-order valence-electron chi connectivity index (χ3n) is 3.32. The average Bonchev–Trinajstić information content (AvgIpc) is 2.42. The lowest BCUT2D eigenvalue weighted by molar-refractivity contribution is -0.384. The quantitative estimate of drug-likeness (QED) is 0.599. The highest BCUT2D eigenvalue weighted by Crippen LogP contribution is 2.18. The number of carboxylic acid groups (broad SMARTS) is 1. The van der Waals surface area contributed by atoms with Crippen LogP contribution in [-0.2, 0) is 16.1 Å². The van der Waals surface area contributed by atoms with Crippen LogP contribution in [0.25, 0.3) is 0 Å². The largest absolute Gasteiger partial charge is 0.481 e. The molecule has 8 nitrogen and oxygen atoms in total. The van der Waals surface area contributed by atoms with Crippen LogP contribution in [-0.4, -0.2) is 45.9 Å². The molecule has 1 aromatic carbocycles. The second-order valence-electron chi connectivity index (χ2n) is 4.80. The first-order valence-corrected chi connectivity index (χ1v) is 6.44. The van der Waals surface area contributed by atoms with Crippen molar-refractivity contribution in [3.63, 3.8) is 0 Å². The van der Waals surface area contributed by atoms with Gasteiger partial charge in [0, 0.05) is 31.8 Å². The van der Waals surface area contributed by atoms with E-state index in [0.717, 1.165) is 0 Å². The number of nitro benzene ring substituents is 1.